The molecule has 0 fully saturated rings. The number of nitrogens with two attached hydrogens (primary N) is 1. The highest BCUT2D eigenvalue weighted by Gasteiger charge is 2.26. The molecule has 8 N–H and O–H groups in total. The lowest BCUT2D eigenvalue weighted by atomic mass is 10.1. The molecule has 0 aliphatic carbocycles. The van der Waals surface area contributed by atoms with Crippen LogP contribution >= 0.6 is 12.6 Å². The number of carbonyl (C=O) groups is 4. The first-order chi connectivity index (χ1) is 14.0. The van der Waals surface area contributed by atoms with Gasteiger partial charge in [-0.05, 0) is 24.6 Å². The van der Waals surface area contributed by atoms with Crippen LogP contribution in [-0.2, 0) is 25.6 Å². The Bertz CT molecular complexity index is 757. The zero-order chi connectivity index (χ0) is 22.8. The van der Waals surface area contributed by atoms with Gasteiger partial charge in [0.15, 0.2) is 0 Å². The molecule has 1 rings (SSSR count). The van der Waals surface area contributed by atoms with E-state index >= 15 is 0 Å². The van der Waals surface area contributed by atoms with Crippen molar-refractivity contribution in [3.05, 3.63) is 29.8 Å². The average molecular weight is 442 g/mol. The number of amides is 3. The van der Waals surface area contributed by atoms with E-state index in [1.54, 1.807) is 0 Å². The van der Waals surface area contributed by atoms with Crippen molar-refractivity contribution < 1.29 is 34.5 Å². The van der Waals surface area contributed by atoms with E-state index in [2.05, 4.69) is 28.6 Å². The molecule has 0 saturated carbocycles. The van der Waals surface area contributed by atoms with E-state index < -0.39 is 54.5 Å². The zero-order valence-corrected chi connectivity index (χ0v) is 17.1. The van der Waals surface area contributed by atoms with E-state index in [1.165, 1.54) is 31.2 Å². The number of phenolic OH excluding ortho intramolecular Hbond substituents is 1. The van der Waals surface area contributed by atoms with Gasteiger partial charge >= 0.3 is 5.97 Å². The molecule has 4 unspecified atom stereocenters. The predicted octanol–water partition coefficient (Wildman–Crippen LogP) is -2.26. The van der Waals surface area contributed by atoms with E-state index in [0.29, 0.717) is 5.56 Å². The normalized spacial score (nSPS) is 14.7. The summed E-state index contributed by atoms with van der Waals surface area (Å²) < 4.78 is 0. The summed E-state index contributed by atoms with van der Waals surface area (Å²) in [7, 11) is 0. The Morgan fingerprint density at radius 2 is 1.67 bits per heavy atom. The Balaban J connectivity index is 2.58. The van der Waals surface area contributed by atoms with Crippen LogP contribution < -0.4 is 21.7 Å². The van der Waals surface area contributed by atoms with Crippen LogP contribution in [-0.4, -0.2) is 75.5 Å². The maximum atomic E-state index is 12.2. The molecule has 12 heteroatoms. The van der Waals surface area contributed by atoms with Crippen molar-refractivity contribution in [2.24, 2.45) is 5.73 Å². The third kappa shape index (κ3) is 8.27. The largest absolute Gasteiger partial charge is 0.508 e. The molecule has 0 aliphatic rings. The summed E-state index contributed by atoms with van der Waals surface area (Å²) in [6.45, 7) is 0.794. The number of carboxylic acid groups (broad SMARTS) is 1. The molecule has 0 bridgehead atoms. The highest BCUT2D eigenvalue weighted by molar-refractivity contribution is 7.80. The van der Waals surface area contributed by atoms with Crippen LogP contribution in [0.3, 0.4) is 0 Å². The van der Waals surface area contributed by atoms with E-state index in [1.807, 2.05) is 0 Å². The summed E-state index contributed by atoms with van der Waals surface area (Å²) in [6, 6.07) is 2.25. The number of aliphatic hydroxyl groups excluding tert-OH is 1. The van der Waals surface area contributed by atoms with Crippen molar-refractivity contribution in [3.8, 4) is 5.75 Å². The SMILES string of the molecule is CC(O)C(N)C(=O)NC(CS)C(=O)NCC(=O)NC(Cc1ccc(O)cc1)C(=O)O. The zero-order valence-electron chi connectivity index (χ0n) is 16.2. The van der Waals surface area contributed by atoms with Crippen LogP contribution in [0.4, 0.5) is 0 Å². The molecule has 0 aliphatic heterocycles. The van der Waals surface area contributed by atoms with E-state index in [0.717, 1.165) is 0 Å². The molecule has 0 heterocycles. The van der Waals surface area contributed by atoms with Crippen LogP contribution in [0.25, 0.3) is 0 Å². The van der Waals surface area contributed by atoms with Gasteiger partial charge in [0.25, 0.3) is 0 Å². The van der Waals surface area contributed by atoms with Crippen molar-refractivity contribution in [3.63, 3.8) is 0 Å². The third-order valence-electron chi connectivity index (χ3n) is 4.07. The van der Waals surface area contributed by atoms with Crippen molar-refractivity contribution in [1.29, 1.82) is 0 Å². The average Bonchev–Trinajstić information content (AvgIpc) is 2.70. The number of benzene rings is 1. The molecule has 1 aromatic carbocycles. The second kappa shape index (κ2) is 12.0. The first kappa shape index (κ1) is 25.2. The van der Waals surface area contributed by atoms with E-state index in [4.69, 9.17) is 5.73 Å². The van der Waals surface area contributed by atoms with Gasteiger partial charge < -0.3 is 37.0 Å². The number of aromatic hydroxyl groups is 1. The minimum atomic E-state index is -1.27. The first-order valence-corrected chi connectivity index (χ1v) is 9.61. The quantitative estimate of drug-likeness (QED) is 0.176. The van der Waals surface area contributed by atoms with Gasteiger partial charge in [0, 0.05) is 12.2 Å². The number of carbonyl (C=O) groups excluding carboxylic acids is 3. The van der Waals surface area contributed by atoms with Gasteiger partial charge in [0.1, 0.15) is 23.9 Å². The lowest BCUT2D eigenvalue weighted by Crippen LogP contribution is -2.56. The van der Waals surface area contributed by atoms with Gasteiger partial charge in [-0.25, -0.2) is 4.79 Å². The van der Waals surface area contributed by atoms with Gasteiger partial charge in [0.2, 0.25) is 17.7 Å². The lowest BCUT2D eigenvalue weighted by molar-refractivity contribution is -0.141. The molecule has 30 heavy (non-hydrogen) atoms. The van der Waals surface area contributed by atoms with Crippen molar-refractivity contribution in [2.75, 3.05) is 12.3 Å². The number of phenols is 1. The highest BCUT2D eigenvalue weighted by Crippen LogP contribution is 2.11. The number of thiol groups is 1. The minimum Gasteiger partial charge on any atom is -0.508 e. The Morgan fingerprint density at radius 1 is 1.07 bits per heavy atom. The molecule has 166 valence electrons. The number of hydrogen-bond acceptors (Lipinski definition) is 8. The predicted molar refractivity (Wildman–Crippen MR) is 110 cm³/mol. The summed E-state index contributed by atoms with van der Waals surface area (Å²) in [5.41, 5.74) is 6.07. The summed E-state index contributed by atoms with van der Waals surface area (Å²) in [5.74, 6) is -3.57. The van der Waals surface area contributed by atoms with Crippen LogP contribution in [0.1, 0.15) is 12.5 Å². The highest BCUT2D eigenvalue weighted by atomic mass is 32.1. The third-order valence-corrected chi connectivity index (χ3v) is 4.44. The topological polar surface area (TPSA) is 191 Å². The number of rotatable bonds is 11. The number of aliphatic carboxylic acids is 1. The molecule has 0 aromatic heterocycles. The molecular formula is C18H26N4O7S. The Hall–Kier alpha value is -2.83. The maximum absolute atomic E-state index is 12.2. The van der Waals surface area contributed by atoms with Gasteiger partial charge in [-0.3, -0.25) is 14.4 Å². The lowest BCUT2D eigenvalue weighted by Gasteiger charge is -2.20. The smallest absolute Gasteiger partial charge is 0.326 e. The number of hydrogen-bond donors (Lipinski definition) is 8. The number of nitrogens with one attached hydrogen (secondary N) is 3. The van der Waals surface area contributed by atoms with Crippen LogP contribution in [0.5, 0.6) is 5.75 Å². The van der Waals surface area contributed by atoms with Crippen molar-refractivity contribution >= 4 is 36.3 Å². The summed E-state index contributed by atoms with van der Waals surface area (Å²) in [6.07, 6.45) is -1.15. The van der Waals surface area contributed by atoms with Crippen molar-refractivity contribution in [1.82, 2.24) is 16.0 Å². The summed E-state index contributed by atoms with van der Waals surface area (Å²) in [5, 5.41) is 34.8. The summed E-state index contributed by atoms with van der Waals surface area (Å²) >= 11 is 3.96. The van der Waals surface area contributed by atoms with Crippen LogP contribution in [0.2, 0.25) is 0 Å². The fourth-order valence-electron chi connectivity index (χ4n) is 2.28. The molecule has 3 amide bonds. The monoisotopic (exact) mass is 442 g/mol. The number of aliphatic hydroxyl groups is 1. The number of carboxylic acids is 1. The maximum Gasteiger partial charge on any atom is 0.326 e. The molecule has 1 aromatic rings. The molecule has 0 saturated heterocycles. The molecular weight excluding hydrogens is 416 g/mol. The van der Waals surface area contributed by atoms with E-state index in [-0.39, 0.29) is 17.9 Å². The molecule has 0 spiro atoms. The molecule has 0 radical (unpaired) electrons. The Kier molecular flexibility index (Phi) is 10.1. The fraction of sp³-hybridized carbons (Fsp3) is 0.444. The van der Waals surface area contributed by atoms with Gasteiger partial charge in [0.05, 0.1) is 12.6 Å². The van der Waals surface area contributed by atoms with E-state index in [9.17, 15) is 34.5 Å². The Labute approximate surface area is 178 Å². The molecule has 4 atom stereocenters. The van der Waals surface area contributed by atoms with Gasteiger partial charge in [-0.1, -0.05) is 12.1 Å². The minimum absolute atomic E-state index is 0.0256. The summed E-state index contributed by atoms with van der Waals surface area (Å²) in [4.78, 5) is 47.4. The van der Waals surface area contributed by atoms with Crippen LogP contribution in [0.15, 0.2) is 24.3 Å². The van der Waals surface area contributed by atoms with Gasteiger partial charge in [-0.2, -0.15) is 12.6 Å². The molecule has 11 nitrogen and oxygen atoms in total. The van der Waals surface area contributed by atoms with Crippen molar-refractivity contribution in [2.45, 2.75) is 37.6 Å². The first-order valence-electron chi connectivity index (χ1n) is 8.97. The van der Waals surface area contributed by atoms with Gasteiger partial charge in [-0.15, -0.1) is 0 Å². The standard InChI is InChI=1S/C18H26N4O7S/c1-9(23)15(19)17(27)22-13(8-30)16(26)20-7-14(25)21-12(18(28)29)6-10-2-4-11(24)5-3-10/h2-5,9,12-13,15,23-24,30H,6-8,19H2,1H3,(H,20,26)(H,21,25)(H,22,27)(H,28,29). The fourth-order valence-corrected chi connectivity index (χ4v) is 2.54. The Morgan fingerprint density at radius 3 is 2.17 bits per heavy atom. The van der Waals surface area contributed by atoms with Crippen LogP contribution in [0, 0.1) is 0 Å². The second-order valence-electron chi connectivity index (χ2n) is 6.56. The second-order valence-corrected chi connectivity index (χ2v) is 6.92.